The summed E-state index contributed by atoms with van der Waals surface area (Å²) in [6.07, 6.45) is 4.78. The van der Waals surface area contributed by atoms with Crippen LogP contribution in [0.25, 0.3) is 0 Å². The molecule has 0 aromatic carbocycles. The van der Waals surface area contributed by atoms with Crippen molar-refractivity contribution in [2.75, 3.05) is 13.7 Å². The van der Waals surface area contributed by atoms with Gasteiger partial charge >= 0.3 is 17.8 Å². The van der Waals surface area contributed by atoms with Crippen molar-refractivity contribution < 1.29 is 24.2 Å². The Balaban J connectivity index is 3.22. The molecule has 0 bridgehead atoms. The summed E-state index contributed by atoms with van der Waals surface area (Å²) in [7, 11) is 1.37. The monoisotopic (exact) mass is 245 g/mol. The molecule has 0 aliphatic rings. The molecule has 0 aromatic heterocycles. The zero-order chi connectivity index (χ0) is 13.1. The Kier molecular flexibility index (Phi) is 8.72. The van der Waals surface area contributed by atoms with Crippen LogP contribution < -0.4 is 5.32 Å². The molecule has 0 radical (unpaired) electrons. The van der Waals surface area contributed by atoms with E-state index in [0.717, 1.165) is 32.1 Å². The van der Waals surface area contributed by atoms with Gasteiger partial charge in [-0.1, -0.05) is 19.3 Å². The Bertz CT molecular complexity index is 265. The van der Waals surface area contributed by atoms with E-state index >= 15 is 0 Å². The van der Waals surface area contributed by atoms with Crippen molar-refractivity contribution in [2.24, 2.45) is 0 Å². The Morgan fingerprint density at radius 2 is 1.65 bits per heavy atom. The highest BCUT2D eigenvalue weighted by molar-refractivity contribution is 6.31. The van der Waals surface area contributed by atoms with Gasteiger partial charge in [-0.25, -0.2) is 4.79 Å². The quantitative estimate of drug-likeness (QED) is 0.373. The number of esters is 1. The number of carbonyl (C=O) groups excluding carboxylic acids is 2. The minimum Gasteiger partial charge on any atom is -0.474 e. The van der Waals surface area contributed by atoms with Gasteiger partial charge in [-0.3, -0.25) is 9.59 Å². The topological polar surface area (TPSA) is 92.7 Å². The number of aliphatic carboxylic acids is 1. The highest BCUT2D eigenvalue weighted by Crippen LogP contribution is 2.05. The molecule has 0 saturated carbocycles. The van der Waals surface area contributed by atoms with Crippen molar-refractivity contribution in [1.29, 1.82) is 0 Å². The fourth-order valence-electron chi connectivity index (χ4n) is 1.30. The molecule has 0 atom stereocenters. The molecule has 1 amide bonds. The summed E-state index contributed by atoms with van der Waals surface area (Å²) in [5.41, 5.74) is 0. The number of carboxylic acid groups (broad SMARTS) is 1. The average molecular weight is 245 g/mol. The summed E-state index contributed by atoms with van der Waals surface area (Å²) in [6.45, 7) is 0.377. The van der Waals surface area contributed by atoms with Crippen molar-refractivity contribution in [3.8, 4) is 0 Å². The van der Waals surface area contributed by atoms with Gasteiger partial charge < -0.3 is 15.2 Å². The molecule has 0 heterocycles. The van der Waals surface area contributed by atoms with Gasteiger partial charge in [-0.15, -0.1) is 0 Å². The third-order valence-electron chi connectivity index (χ3n) is 2.27. The van der Waals surface area contributed by atoms with E-state index in [4.69, 9.17) is 5.11 Å². The molecular formula is C11H19NO5. The Morgan fingerprint density at radius 1 is 1.06 bits per heavy atom. The van der Waals surface area contributed by atoms with E-state index in [1.807, 2.05) is 0 Å². The van der Waals surface area contributed by atoms with Crippen LogP contribution >= 0.6 is 0 Å². The summed E-state index contributed by atoms with van der Waals surface area (Å²) < 4.78 is 4.50. The fourth-order valence-corrected chi connectivity index (χ4v) is 1.30. The van der Waals surface area contributed by atoms with Crippen LogP contribution in [0.1, 0.15) is 38.5 Å². The number of amides is 1. The highest BCUT2D eigenvalue weighted by Gasteiger charge is 2.08. The van der Waals surface area contributed by atoms with Crippen LogP contribution in [0, 0.1) is 0 Å². The number of rotatable bonds is 8. The molecule has 98 valence electrons. The van der Waals surface area contributed by atoms with Crippen LogP contribution in [-0.4, -0.2) is 36.6 Å². The van der Waals surface area contributed by atoms with E-state index in [9.17, 15) is 14.4 Å². The van der Waals surface area contributed by atoms with Gasteiger partial charge in [-0.05, 0) is 12.8 Å². The van der Waals surface area contributed by atoms with E-state index < -0.39 is 11.9 Å². The van der Waals surface area contributed by atoms with Gasteiger partial charge in [0.2, 0.25) is 0 Å². The van der Waals surface area contributed by atoms with Crippen LogP contribution in [0.2, 0.25) is 0 Å². The highest BCUT2D eigenvalue weighted by atomic mass is 16.5. The lowest BCUT2D eigenvalue weighted by atomic mass is 10.1. The number of hydrogen-bond acceptors (Lipinski definition) is 4. The zero-order valence-electron chi connectivity index (χ0n) is 10.0. The number of carbonyl (C=O) groups is 3. The maximum absolute atomic E-state index is 10.8. The van der Waals surface area contributed by atoms with E-state index in [2.05, 4.69) is 10.1 Å². The Morgan fingerprint density at radius 3 is 2.24 bits per heavy atom. The molecule has 0 unspecified atom stereocenters. The van der Waals surface area contributed by atoms with Gasteiger partial charge in [0.15, 0.2) is 0 Å². The maximum atomic E-state index is 10.8. The normalized spacial score (nSPS) is 9.71. The minimum absolute atomic E-state index is 0.196. The first-order chi connectivity index (χ1) is 8.07. The smallest absolute Gasteiger partial charge is 0.394 e. The van der Waals surface area contributed by atoms with Gasteiger partial charge in [0, 0.05) is 13.0 Å². The Labute approximate surface area is 100 Å². The van der Waals surface area contributed by atoms with Crippen LogP contribution in [-0.2, 0) is 19.1 Å². The predicted molar refractivity (Wildman–Crippen MR) is 60.4 cm³/mol. The summed E-state index contributed by atoms with van der Waals surface area (Å²) in [5, 5.41) is 10.6. The number of ether oxygens (including phenoxy) is 1. The maximum Gasteiger partial charge on any atom is 0.394 e. The predicted octanol–water partition coefficient (Wildman–Crippen LogP) is 0.701. The summed E-state index contributed by atoms with van der Waals surface area (Å²) in [4.78, 5) is 31.5. The number of carboxylic acids is 1. The molecule has 2 N–H and O–H groups in total. The standard InChI is InChI=1S/C11H19NO5/c1-17-9(13)7-5-3-2-4-6-8-12-10(14)11(15)16/h2-8H2,1H3,(H,12,14)(H,15,16). The van der Waals surface area contributed by atoms with Gasteiger partial charge in [0.25, 0.3) is 0 Å². The fraction of sp³-hybridized carbons (Fsp3) is 0.727. The third-order valence-corrected chi connectivity index (χ3v) is 2.27. The van der Waals surface area contributed by atoms with E-state index in [-0.39, 0.29) is 5.97 Å². The molecule has 0 rings (SSSR count). The molecule has 0 aliphatic heterocycles. The Hall–Kier alpha value is -1.59. The molecule has 0 fully saturated rings. The molecule has 0 aliphatic carbocycles. The van der Waals surface area contributed by atoms with E-state index in [1.165, 1.54) is 7.11 Å². The number of hydrogen-bond donors (Lipinski definition) is 2. The molecular weight excluding hydrogens is 226 g/mol. The van der Waals surface area contributed by atoms with Crippen LogP contribution in [0.15, 0.2) is 0 Å². The van der Waals surface area contributed by atoms with Gasteiger partial charge in [-0.2, -0.15) is 0 Å². The largest absolute Gasteiger partial charge is 0.474 e. The lowest BCUT2D eigenvalue weighted by molar-refractivity contribution is -0.150. The first kappa shape index (κ1) is 15.4. The molecule has 6 heteroatoms. The van der Waals surface area contributed by atoms with Crippen LogP contribution in [0.5, 0.6) is 0 Å². The van der Waals surface area contributed by atoms with Crippen LogP contribution in [0.3, 0.4) is 0 Å². The molecule has 17 heavy (non-hydrogen) atoms. The number of methoxy groups -OCH3 is 1. The lowest BCUT2D eigenvalue weighted by Crippen LogP contribution is -2.31. The van der Waals surface area contributed by atoms with Gasteiger partial charge in [0.1, 0.15) is 0 Å². The average Bonchev–Trinajstić information content (AvgIpc) is 2.31. The first-order valence-corrected chi connectivity index (χ1v) is 5.66. The van der Waals surface area contributed by atoms with E-state index in [1.54, 1.807) is 0 Å². The first-order valence-electron chi connectivity index (χ1n) is 5.66. The minimum atomic E-state index is -1.46. The lowest BCUT2D eigenvalue weighted by Gasteiger charge is -2.02. The molecule has 0 aromatic rings. The second kappa shape index (κ2) is 9.62. The zero-order valence-corrected chi connectivity index (χ0v) is 10.0. The SMILES string of the molecule is COC(=O)CCCCCCCNC(=O)C(=O)O. The van der Waals surface area contributed by atoms with Crippen molar-refractivity contribution in [3.63, 3.8) is 0 Å². The van der Waals surface area contributed by atoms with Crippen molar-refractivity contribution in [2.45, 2.75) is 38.5 Å². The summed E-state index contributed by atoms with van der Waals surface area (Å²) >= 11 is 0. The van der Waals surface area contributed by atoms with E-state index in [0.29, 0.717) is 13.0 Å². The second-order valence-electron chi connectivity index (χ2n) is 3.65. The number of unbranched alkanes of at least 4 members (excludes halogenated alkanes) is 4. The third kappa shape index (κ3) is 9.35. The van der Waals surface area contributed by atoms with Crippen molar-refractivity contribution in [3.05, 3.63) is 0 Å². The molecule has 6 nitrogen and oxygen atoms in total. The van der Waals surface area contributed by atoms with Gasteiger partial charge in [0.05, 0.1) is 7.11 Å². The van der Waals surface area contributed by atoms with Crippen molar-refractivity contribution in [1.82, 2.24) is 5.32 Å². The number of nitrogens with one attached hydrogen (secondary N) is 1. The second-order valence-corrected chi connectivity index (χ2v) is 3.65. The molecule has 0 saturated heterocycles. The van der Waals surface area contributed by atoms with Crippen LogP contribution in [0.4, 0.5) is 0 Å². The summed E-state index contributed by atoms with van der Waals surface area (Å²) in [5.74, 6) is -2.61. The summed E-state index contributed by atoms with van der Waals surface area (Å²) in [6, 6.07) is 0. The molecule has 0 spiro atoms. The van der Waals surface area contributed by atoms with Crippen molar-refractivity contribution >= 4 is 17.8 Å².